The van der Waals surface area contributed by atoms with Gasteiger partial charge in [-0.05, 0) is 48.9 Å². The highest BCUT2D eigenvalue weighted by molar-refractivity contribution is 5.97. The molecule has 9 nitrogen and oxygen atoms in total. The number of benzene rings is 2. The maximum Gasteiger partial charge on any atom is 0.259 e. The average Bonchev–Trinajstić information content (AvgIpc) is 2.77. The number of nitrogens with one attached hydrogen (secondary N) is 2. The van der Waals surface area contributed by atoms with Crippen molar-refractivity contribution < 1.29 is 28.5 Å². The third-order valence-corrected chi connectivity index (χ3v) is 3.95. The molecule has 0 saturated heterocycles. The number of hydrazone groups is 1. The molecule has 0 unspecified atom stereocenters. The van der Waals surface area contributed by atoms with Crippen LogP contribution in [0, 0.1) is 0 Å². The number of hydrogen-bond acceptors (Lipinski definition) is 7. The Hall–Kier alpha value is -3.75. The molecular weight excluding hydrogens is 390 g/mol. The Morgan fingerprint density at radius 1 is 0.933 bits per heavy atom. The molecule has 2 aromatic carbocycles. The van der Waals surface area contributed by atoms with Crippen molar-refractivity contribution in [1.29, 1.82) is 0 Å². The van der Waals surface area contributed by atoms with E-state index in [1.165, 1.54) is 26.5 Å². The molecule has 2 amide bonds. The van der Waals surface area contributed by atoms with E-state index in [0.29, 0.717) is 40.7 Å². The van der Waals surface area contributed by atoms with E-state index in [4.69, 9.17) is 18.9 Å². The molecule has 9 heteroatoms. The number of carbonyl (C=O) groups is 2. The van der Waals surface area contributed by atoms with Crippen molar-refractivity contribution in [2.75, 3.05) is 34.5 Å². The third-order valence-electron chi connectivity index (χ3n) is 3.95. The van der Waals surface area contributed by atoms with Crippen LogP contribution in [0.2, 0.25) is 0 Å². The van der Waals surface area contributed by atoms with E-state index >= 15 is 0 Å². The predicted molar refractivity (Wildman–Crippen MR) is 112 cm³/mol. The van der Waals surface area contributed by atoms with Gasteiger partial charge in [0.15, 0.2) is 23.0 Å². The predicted octanol–water partition coefficient (Wildman–Crippen LogP) is 1.99. The summed E-state index contributed by atoms with van der Waals surface area (Å²) in [4.78, 5) is 24.2. The summed E-state index contributed by atoms with van der Waals surface area (Å²) in [5.74, 6) is 1.22. The van der Waals surface area contributed by atoms with Crippen LogP contribution in [0.5, 0.6) is 23.0 Å². The fraction of sp³-hybridized carbons (Fsp3) is 0.286. The van der Waals surface area contributed by atoms with Crippen molar-refractivity contribution >= 4 is 18.0 Å². The average molecular weight is 415 g/mol. The van der Waals surface area contributed by atoms with Gasteiger partial charge < -0.3 is 24.3 Å². The van der Waals surface area contributed by atoms with Crippen molar-refractivity contribution in [3.63, 3.8) is 0 Å². The summed E-state index contributed by atoms with van der Waals surface area (Å²) in [6, 6.07) is 9.99. The van der Waals surface area contributed by atoms with E-state index < -0.39 is 11.8 Å². The molecule has 0 radical (unpaired) electrons. The van der Waals surface area contributed by atoms with Gasteiger partial charge in [-0.2, -0.15) is 5.10 Å². The van der Waals surface area contributed by atoms with Crippen LogP contribution in [0.1, 0.15) is 22.8 Å². The Balaban J connectivity index is 1.89. The molecule has 0 aliphatic carbocycles. The Kier molecular flexibility index (Phi) is 8.49. The summed E-state index contributed by atoms with van der Waals surface area (Å²) in [7, 11) is 4.54. The first-order valence-electron chi connectivity index (χ1n) is 9.15. The van der Waals surface area contributed by atoms with E-state index in [9.17, 15) is 9.59 Å². The molecule has 30 heavy (non-hydrogen) atoms. The molecule has 0 fully saturated rings. The van der Waals surface area contributed by atoms with Gasteiger partial charge in [-0.15, -0.1) is 0 Å². The topological polar surface area (TPSA) is 107 Å². The van der Waals surface area contributed by atoms with E-state index in [0.717, 1.165) is 0 Å². The summed E-state index contributed by atoms with van der Waals surface area (Å²) in [5, 5.41) is 6.41. The van der Waals surface area contributed by atoms with E-state index in [1.807, 2.05) is 6.92 Å². The van der Waals surface area contributed by atoms with Crippen LogP contribution in [-0.2, 0) is 4.79 Å². The molecule has 160 valence electrons. The lowest BCUT2D eigenvalue weighted by Crippen LogP contribution is -2.34. The van der Waals surface area contributed by atoms with Crippen LogP contribution in [0.4, 0.5) is 0 Å². The summed E-state index contributed by atoms with van der Waals surface area (Å²) < 4.78 is 21.0. The van der Waals surface area contributed by atoms with Gasteiger partial charge in [0.2, 0.25) is 0 Å². The lowest BCUT2D eigenvalue weighted by molar-refractivity contribution is -0.120. The Bertz CT molecular complexity index is 914. The fourth-order valence-electron chi connectivity index (χ4n) is 2.50. The largest absolute Gasteiger partial charge is 0.493 e. The first-order chi connectivity index (χ1) is 14.5. The maximum absolute atomic E-state index is 12.2. The Morgan fingerprint density at radius 3 is 2.27 bits per heavy atom. The van der Waals surface area contributed by atoms with Crippen LogP contribution in [0.15, 0.2) is 41.5 Å². The van der Waals surface area contributed by atoms with Crippen LogP contribution in [0.3, 0.4) is 0 Å². The summed E-state index contributed by atoms with van der Waals surface area (Å²) in [6.45, 7) is 2.13. The molecule has 0 saturated carbocycles. The first-order valence-corrected chi connectivity index (χ1v) is 9.15. The quantitative estimate of drug-likeness (QED) is 0.454. The molecule has 0 heterocycles. The lowest BCUT2D eigenvalue weighted by Gasteiger charge is -2.10. The second kappa shape index (κ2) is 11.3. The maximum atomic E-state index is 12.2. The van der Waals surface area contributed by atoms with Gasteiger partial charge >= 0.3 is 0 Å². The van der Waals surface area contributed by atoms with Gasteiger partial charge in [0.1, 0.15) is 0 Å². The summed E-state index contributed by atoms with van der Waals surface area (Å²) in [5.41, 5.74) is 3.41. The van der Waals surface area contributed by atoms with E-state index in [1.54, 1.807) is 37.4 Å². The van der Waals surface area contributed by atoms with Gasteiger partial charge in [-0.25, -0.2) is 5.43 Å². The van der Waals surface area contributed by atoms with E-state index in [-0.39, 0.29) is 6.54 Å². The molecule has 0 spiro atoms. The highest BCUT2D eigenvalue weighted by atomic mass is 16.5. The zero-order valence-electron chi connectivity index (χ0n) is 17.4. The molecule has 0 bridgehead atoms. The molecule has 0 aliphatic heterocycles. The van der Waals surface area contributed by atoms with Crippen molar-refractivity contribution in [2.24, 2.45) is 5.10 Å². The summed E-state index contributed by atoms with van der Waals surface area (Å²) in [6.07, 6.45) is 1.47. The fourth-order valence-corrected chi connectivity index (χ4v) is 2.50. The third kappa shape index (κ3) is 6.13. The number of nitrogens with zero attached hydrogens (tertiary/aromatic N) is 1. The molecule has 2 aromatic rings. The number of hydrogen-bond donors (Lipinski definition) is 2. The highest BCUT2D eigenvalue weighted by Crippen LogP contribution is 2.28. The van der Waals surface area contributed by atoms with Crippen LogP contribution in [0.25, 0.3) is 0 Å². The summed E-state index contributed by atoms with van der Waals surface area (Å²) >= 11 is 0. The first kappa shape index (κ1) is 22.5. The number of ether oxygens (including phenoxy) is 4. The second-order valence-corrected chi connectivity index (χ2v) is 5.89. The van der Waals surface area contributed by atoms with Crippen molar-refractivity contribution in [3.05, 3.63) is 47.5 Å². The zero-order valence-corrected chi connectivity index (χ0v) is 17.4. The minimum Gasteiger partial charge on any atom is -0.493 e. The molecular formula is C21H25N3O6. The number of rotatable bonds is 10. The van der Waals surface area contributed by atoms with Gasteiger partial charge in [-0.3, -0.25) is 9.59 Å². The van der Waals surface area contributed by atoms with Gasteiger partial charge in [-0.1, -0.05) is 0 Å². The monoisotopic (exact) mass is 415 g/mol. The second-order valence-electron chi connectivity index (χ2n) is 5.89. The molecule has 0 aromatic heterocycles. The highest BCUT2D eigenvalue weighted by Gasteiger charge is 2.12. The van der Waals surface area contributed by atoms with E-state index in [2.05, 4.69) is 15.8 Å². The minimum absolute atomic E-state index is 0.239. The lowest BCUT2D eigenvalue weighted by atomic mass is 10.2. The number of methoxy groups -OCH3 is 3. The number of amides is 2. The Labute approximate surface area is 175 Å². The molecule has 2 rings (SSSR count). The van der Waals surface area contributed by atoms with Gasteiger partial charge in [0, 0.05) is 5.56 Å². The zero-order chi connectivity index (χ0) is 21.9. The minimum atomic E-state index is -0.473. The van der Waals surface area contributed by atoms with Crippen LogP contribution >= 0.6 is 0 Å². The standard InChI is InChI=1S/C21H25N3O6/c1-5-30-19-10-14(6-8-17(19)28-3)12-23-24-20(25)13-22-21(26)15-7-9-16(27-2)18(11-15)29-4/h6-12H,5,13H2,1-4H3,(H,22,26)(H,24,25). The Morgan fingerprint density at radius 2 is 1.60 bits per heavy atom. The molecule has 0 aliphatic rings. The smallest absolute Gasteiger partial charge is 0.259 e. The van der Waals surface area contributed by atoms with Crippen molar-refractivity contribution in [2.45, 2.75) is 6.92 Å². The van der Waals surface area contributed by atoms with Gasteiger partial charge in [0.05, 0.1) is 40.7 Å². The van der Waals surface area contributed by atoms with Crippen molar-refractivity contribution in [3.8, 4) is 23.0 Å². The molecule has 2 N–H and O–H groups in total. The number of carbonyl (C=O) groups excluding carboxylic acids is 2. The van der Waals surface area contributed by atoms with Crippen LogP contribution in [-0.4, -0.2) is 52.5 Å². The van der Waals surface area contributed by atoms with Gasteiger partial charge in [0.25, 0.3) is 11.8 Å². The SMILES string of the molecule is CCOc1cc(C=NNC(=O)CNC(=O)c2ccc(OC)c(OC)c2)ccc1OC. The molecule has 0 atom stereocenters. The van der Waals surface area contributed by atoms with Crippen molar-refractivity contribution in [1.82, 2.24) is 10.7 Å². The normalized spacial score (nSPS) is 10.4. The van der Waals surface area contributed by atoms with Crippen LogP contribution < -0.4 is 29.7 Å².